The summed E-state index contributed by atoms with van der Waals surface area (Å²) in [6.07, 6.45) is 0.207. The van der Waals surface area contributed by atoms with Crippen molar-refractivity contribution in [1.29, 1.82) is 0 Å². The van der Waals surface area contributed by atoms with Gasteiger partial charge in [-0.15, -0.1) is 0 Å². The van der Waals surface area contributed by atoms with Gasteiger partial charge in [0.25, 0.3) is 0 Å². The first-order chi connectivity index (χ1) is 9.87. The van der Waals surface area contributed by atoms with Crippen molar-refractivity contribution in [3.8, 4) is 0 Å². The second kappa shape index (κ2) is 6.18. The van der Waals surface area contributed by atoms with Gasteiger partial charge in [0.15, 0.2) is 0 Å². The van der Waals surface area contributed by atoms with Crippen LogP contribution in [0, 0.1) is 0 Å². The summed E-state index contributed by atoms with van der Waals surface area (Å²) in [5.74, 6) is 0. The zero-order chi connectivity index (χ0) is 15.5. The van der Waals surface area contributed by atoms with E-state index in [2.05, 4.69) is 16.4 Å². The van der Waals surface area contributed by atoms with Crippen LogP contribution in [-0.2, 0) is 11.2 Å². The monoisotopic (exact) mass is 289 g/mol. The molecule has 0 spiro atoms. The van der Waals surface area contributed by atoms with E-state index in [4.69, 9.17) is 10.5 Å². The van der Waals surface area contributed by atoms with Gasteiger partial charge in [0.05, 0.1) is 0 Å². The number of hydrogen-bond acceptors (Lipinski definition) is 3. The maximum absolute atomic E-state index is 11.8. The van der Waals surface area contributed by atoms with E-state index in [1.807, 2.05) is 45.0 Å². The van der Waals surface area contributed by atoms with Crippen LogP contribution in [0.4, 0.5) is 4.79 Å². The minimum atomic E-state index is -0.510. The molecule has 1 aromatic carbocycles. The third-order valence-electron chi connectivity index (χ3n) is 3.06. The van der Waals surface area contributed by atoms with Crippen LogP contribution in [0.3, 0.4) is 0 Å². The van der Waals surface area contributed by atoms with E-state index >= 15 is 0 Å². The van der Waals surface area contributed by atoms with Gasteiger partial charge in [-0.2, -0.15) is 0 Å². The topological polar surface area (TPSA) is 80.1 Å². The van der Waals surface area contributed by atoms with E-state index in [0.29, 0.717) is 13.0 Å². The number of amides is 1. The number of hydrogen-bond donors (Lipinski definition) is 3. The van der Waals surface area contributed by atoms with Crippen molar-refractivity contribution in [2.24, 2.45) is 5.73 Å². The Hall–Kier alpha value is -2.01. The number of fused-ring (bicyclic) bond motifs is 1. The molecule has 5 nitrogen and oxygen atoms in total. The highest BCUT2D eigenvalue weighted by atomic mass is 16.6. The van der Waals surface area contributed by atoms with E-state index in [9.17, 15) is 4.79 Å². The van der Waals surface area contributed by atoms with Crippen LogP contribution >= 0.6 is 0 Å². The fraction of sp³-hybridized carbons (Fsp3) is 0.438. The Labute approximate surface area is 124 Å². The molecule has 114 valence electrons. The predicted molar refractivity (Wildman–Crippen MR) is 84.2 cm³/mol. The number of nitrogens with one attached hydrogen (secondary N) is 2. The fourth-order valence-corrected chi connectivity index (χ4v) is 2.18. The van der Waals surface area contributed by atoms with Crippen molar-refractivity contribution in [3.63, 3.8) is 0 Å². The van der Waals surface area contributed by atoms with Crippen molar-refractivity contribution < 1.29 is 9.53 Å². The number of benzene rings is 1. The van der Waals surface area contributed by atoms with Crippen molar-refractivity contribution in [2.75, 3.05) is 6.54 Å². The first-order valence-electron chi connectivity index (χ1n) is 7.13. The van der Waals surface area contributed by atoms with E-state index in [1.54, 1.807) is 0 Å². The van der Waals surface area contributed by atoms with Gasteiger partial charge in [-0.25, -0.2) is 4.79 Å². The molecular weight excluding hydrogens is 266 g/mol. The third-order valence-corrected chi connectivity index (χ3v) is 3.06. The molecule has 1 unspecified atom stereocenters. The van der Waals surface area contributed by atoms with Gasteiger partial charge in [0, 0.05) is 30.2 Å². The summed E-state index contributed by atoms with van der Waals surface area (Å²) in [5, 5.41) is 3.96. The Bertz CT molecular complexity index is 580. The highest BCUT2D eigenvalue weighted by Gasteiger charge is 2.19. The molecule has 1 heterocycles. The van der Waals surface area contributed by atoms with Crippen LogP contribution in [0.15, 0.2) is 30.3 Å². The quantitative estimate of drug-likeness (QED) is 0.809. The van der Waals surface area contributed by atoms with Gasteiger partial charge in [0.2, 0.25) is 0 Å². The van der Waals surface area contributed by atoms with Crippen LogP contribution < -0.4 is 11.1 Å². The molecule has 1 amide bonds. The lowest BCUT2D eigenvalue weighted by atomic mass is 10.1. The normalized spacial score (nSPS) is 13.1. The highest BCUT2D eigenvalue weighted by molar-refractivity contribution is 5.80. The molecule has 0 bridgehead atoms. The van der Waals surface area contributed by atoms with Crippen LogP contribution in [0.25, 0.3) is 10.9 Å². The van der Waals surface area contributed by atoms with Crippen LogP contribution in [0.5, 0.6) is 0 Å². The molecule has 2 rings (SSSR count). The summed E-state index contributed by atoms with van der Waals surface area (Å²) >= 11 is 0. The molecule has 1 aromatic heterocycles. The van der Waals surface area contributed by atoms with E-state index < -0.39 is 11.7 Å². The predicted octanol–water partition coefficient (Wildman–Crippen LogP) is 2.56. The third kappa shape index (κ3) is 4.49. The largest absolute Gasteiger partial charge is 0.444 e. The molecule has 0 fully saturated rings. The number of rotatable bonds is 4. The van der Waals surface area contributed by atoms with Crippen molar-refractivity contribution in [3.05, 3.63) is 36.0 Å². The zero-order valence-electron chi connectivity index (χ0n) is 12.8. The number of carbonyl (C=O) groups excluding carboxylic acids is 1. The maximum atomic E-state index is 11.8. The molecule has 0 saturated carbocycles. The van der Waals surface area contributed by atoms with Gasteiger partial charge in [-0.1, -0.05) is 18.2 Å². The summed E-state index contributed by atoms with van der Waals surface area (Å²) in [4.78, 5) is 15.1. The van der Waals surface area contributed by atoms with E-state index in [0.717, 1.165) is 16.6 Å². The van der Waals surface area contributed by atoms with E-state index in [-0.39, 0.29) is 6.04 Å². The van der Waals surface area contributed by atoms with Gasteiger partial charge in [0.1, 0.15) is 5.60 Å². The second-order valence-corrected chi connectivity index (χ2v) is 6.16. The van der Waals surface area contributed by atoms with Crippen LogP contribution in [0.1, 0.15) is 26.5 Å². The van der Waals surface area contributed by atoms with E-state index in [1.165, 1.54) is 0 Å². The Morgan fingerprint density at radius 3 is 2.71 bits per heavy atom. The first-order valence-corrected chi connectivity index (χ1v) is 7.13. The molecule has 0 aliphatic heterocycles. The molecule has 5 heteroatoms. The SMILES string of the molecule is CC(C)(C)OC(=O)NC(CN)Cc1cc2ccccc2[nH]1. The molecule has 1 atom stereocenters. The average Bonchev–Trinajstić information content (AvgIpc) is 2.77. The van der Waals surface area contributed by atoms with Gasteiger partial charge in [-0.05, 0) is 38.3 Å². The lowest BCUT2D eigenvalue weighted by Crippen LogP contribution is -2.44. The van der Waals surface area contributed by atoms with Crippen molar-refractivity contribution in [2.45, 2.75) is 38.8 Å². The molecule has 0 radical (unpaired) electrons. The lowest BCUT2D eigenvalue weighted by molar-refractivity contribution is 0.0506. The summed E-state index contributed by atoms with van der Waals surface area (Å²) in [6.45, 7) is 5.86. The number of alkyl carbamates (subject to hydrolysis) is 1. The summed E-state index contributed by atoms with van der Waals surface area (Å²) < 4.78 is 5.25. The lowest BCUT2D eigenvalue weighted by Gasteiger charge is -2.22. The van der Waals surface area contributed by atoms with Gasteiger partial charge >= 0.3 is 6.09 Å². The van der Waals surface area contributed by atoms with Crippen LogP contribution in [0.2, 0.25) is 0 Å². The smallest absolute Gasteiger partial charge is 0.407 e. The molecular formula is C16H23N3O2. The van der Waals surface area contributed by atoms with Crippen molar-refractivity contribution in [1.82, 2.24) is 10.3 Å². The second-order valence-electron chi connectivity index (χ2n) is 6.16. The van der Waals surface area contributed by atoms with Gasteiger partial charge in [-0.3, -0.25) is 0 Å². The maximum Gasteiger partial charge on any atom is 0.407 e. The summed E-state index contributed by atoms with van der Waals surface area (Å²) in [5.41, 5.74) is 7.36. The minimum Gasteiger partial charge on any atom is -0.444 e. The number of aromatic amines is 1. The van der Waals surface area contributed by atoms with Crippen molar-refractivity contribution >= 4 is 17.0 Å². The average molecular weight is 289 g/mol. The molecule has 21 heavy (non-hydrogen) atoms. The Morgan fingerprint density at radius 2 is 2.10 bits per heavy atom. The number of aromatic nitrogens is 1. The summed E-state index contributed by atoms with van der Waals surface area (Å²) in [7, 11) is 0. The number of nitrogens with two attached hydrogens (primary N) is 1. The zero-order valence-corrected chi connectivity index (χ0v) is 12.8. The molecule has 0 saturated heterocycles. The number of para-hydroxylation sites is 1. The number of H-pyrrole nitrogens is 1. The van der Waals surface area contributed by atoms with Crippen LogP contribution in [-0.4, -0.2) is 29.3 Å². The summed E-state index contributed by atoms with van der Waals surface area (Å²) in [6, 6.07) is 9.98. The molecule has 0 aliphatic rings. The number of ether oxygens (including phenoxy) is 1. The molecule has 2 aromatic rings. The first kappa shape index (κ1) is 15.4. The standard InChI is InChI=1S/C16H23N3O2/c1-16(2,3)21-15(20)19-13(10-17)9-12-8-11-6-4-5-7-14(11)18-12/h4-8,13,18H,9-10,17H2,1-3H3,(H,19,20). The number of carbonyl (C=O) groups is 1. The van der Waals surface area contributed by atoms with Gasteiger partial charge < -0.3 is 20.8 Å². The fourth-order valence-electron chi connectivity index (χ4n) is 2.18. The molecule has 4 N–H and O–H groups in total. The Kier molecular flexibility index (Phi) is 4.53. The molecule has 0 aliphatic carbocycles. The Morgan fingerprint density at radius 1 is 1.38 bits per heavy atom. The Balaban J connectivity index is 2.00. The minimum absolute atomic E-state index is 0.159. The highest BCUT2D eigenvalue weighted by Crippen LogP contribution is 2.16.